The highest BCUT2D eigenvalue weighted by Crippen LogP contribution is 2.46. The number of methoxy groups -OCH3 is 4. The van der Waals surface area contributed by atoms with Crippen LogP contribution in [0.1, 0.15) is 20.7 Å². The number of aromatic nitrogens is 1. The Morgan fingerprint density at radius 1 is 0.821 bits per heavy atom. The molecule has 0 saturated carbocycles. The lowest BCUT2D eigenvalue weighted by molar-refractivity contribution is -0.167. The average molecular weight is 543 g/mol. The third kappa shape index (κ3) is 4.02. The number of alkyl halides is 3. The summed E-state index contributed by atoms with van der Waals surface area (Å²) in [6.07, 6.45) is -5.13. The molecule has 10 nitrogen and oxygen atoms in total. The summed E-state index contributed by atoms with van der Waals surface area (Å²) in [6, 6.07) is 7.55. The van der Waals surface area contributed by atoms with Crippen molar-refractivity contribution in [3.8, 4) is 34.1 Å². The zero-order valence-electron chi connectivity index (χ0n) is 20.9. The highest BCUT2D eigenvalue weighted by molar-refractivity contribution is 6.30. The lowest BCUT2D eigenvalue weighted by Crippen LogP contribution is -2.30. The van der Waals surface area contributed by atoms with Crippen molar-refractivity contribution in [2.75, 3.05) is 33.8 Å². The molecule has 1 aliphatic rings. The number of rotatable bonds is 6. The third-order valence-electron chi connectivity index (χ3n) is 6.38. The van der Waals surface area contributed by atoms with Crippen LogP contribution in [0.3, 0.4) is 0 Å². The maximum absolute atomic E-state index is 12.9. The number of benzene rings is 3. The minimum atomic E-state index is -5.13. The summed E-state index contributed by atoms with van der Waals surface area (Å²) in [5, 5.41) is 4.99. The number of aromatic amines is 1. The zero-order chi connectivity index (χ0) is 28.2. The standard InChI is InChI=1S/C26H20F3N3O7/c1-36-16-8-12-14(9-15(16)31-25(35)26(27,28)29)30-21-19(12)11(7-13-20(21)24(34)32-23(13)33)10-5-17(37-2)22(39-4)18(6-10)38-3/h5-9,30H,1-4H3,(H,31,35)(H,32,33,34). The second-order valence-electron chi connectivity index (χ2n) is 8.47. The van der Waals surface area contributed by atoms with Gasteiger partial charge in [-0.3, -0.25) is 19.7 Å². The number of hydrogen-bond acceptors (Lipinski definition) is 7. The number of imide groups is 1. The first-order valence-corrected chi connectivity index (χ1v) is 11.3. The van der Waals surface area contributed by atoms with Gasteiger partial charge in [-0.2, -0.15) is 13.2 Å². The third-order valence-corrected chi connectivity index (χ3v) is 6.38. The molecule has 3 N–H and O–H groups in total. The molecule has 3 aromatic carbocycles. The van der Waals surface area contributed by atoms with Crippen LogP contribution in [0.5, 0.6) is 23.0 Å². The molecule has 1 aromatic heterocycles. The Morgan fingerprint density at radius 3 is 2.03 bits per heavy atom. The van der Waals surface area contributed by atoms with Gasteiger partial charge in [-0.05, 0) is 41.5 Å². The van der Waals surface area contributed by atoms with Gasteiger partial charge in [-0.1, -0.05) is 0 Å². The van der Waals surface area contributed by atoms with Crippen molar-refractivity contribution >= 4 is 45.2 Å². The first-order valence-electron chi connectivity index (χ1n) is 11.3. The van der Waals surface area contributed by atoms with Crippen LogP contribution in [-0.2, 0) is 4.79 Å². The Balaban J connectivity index is 1.86. The van der Waals surface area contributed by atoms with E-state index in [1.807, 2.05) is 0 Å². The van der Waals surface area contributed by atoms with Gasteiger partial charge in [0.25, 0.3) is 11.8 Å². The van der Waals surface area contributed by atoms with Crippen molar-refractivity contribution < 1.29 is 46.5 Å². The first kappa shape index (κ1) is 25.7. The molecule has 0 saturated heterocycles. The van der Waals surface area contributed by atoms with Crippen molar-refractivity contribution in [2.45, 2.75) is 6.18 Å². The molecule has 0 fully saturated rings. The lowest BCUT2D eigenvalue weighted by Gasteiger charge is -2.15. The number of nitrogens with one attached hydrogen (secondary N) is 3. The van der Waals surface area contributed by atoms with E-state index in [0.717, 1.165) is 0 Å². The van der Waals surface area contributed by atoms with E-state index in [0.29, 0.717) is 39.1 Å². The molecule has 0 unspecified atom stereocenters. The van der Waals surface area contributed by atoms with Gasteiger partial charge in [0.15, 0.2) is 11.5 Å². The number of amides is 3. The Hall–Kier alpha value is -4.94. The normalized spacial score (nSPS) is 12.9. The SMILES string of the molecule is COc1cc2c(cc1NC(=O)C(F)(F)F)[nH]c1c3c(cc(-c4cc(OC)c(OC)c(OC)c4)c12)C(=O)NC3=O. The molecule has 4 aromatic rings. The minimum Gasteiger partial charge on any atom is -0.495 e. The lowest BCUT2D eigenvalue weighted by atomic mass is 9.93. The Morgan fingerprint density at radius 2 is 1.46 bits per heavy atom. The maximum Gasteiger partial charge on any atom is 0.471 e. The monoisotopic (exact) mass is 543 g/mol. The van der Waals surface area contributed by atoms with Crippen molar-refractivity contribution in [1.82, 2.24) is 10.3 Å². The minimum absolute atomic E-state index is 0.0575. The smallest absolute Gasteiger partial charge is 0.471 e. The molecule has 1 aliphatic heterocycles. The summed E-state index contributed by atoms with van der Waals surface area (Å²) in [5.74, 6) is -2.50. The number of anilines is 1. The van der Waals surface area contributed by atoms with Gasteiger partial charge < -0.3 is 29.2 Å². The summed E-state index contributed by atoms with van der Waals surface area (Å²) in [5.41, 5.74) is 1.47. The predicted octanol–water partition coefficient (Wildman–Crippen LogP) is 4.41. The Kier molecular flexibility index (Phi) is 6.01. The molecule has 2 heterocycles. The summed E-state index contributed by atoms with van der Waals surface area (Å²) >= 11 is 0. The van der Waals surface area contributed by atoms with Crippen LogP contribution in [0.4, 0.5) is 18.9 Å². The Bertz CT molecular complexity index is 1680. The van der Waals surface area contributed by atoms with Crippen LogP contribution in [0.2, 0.25) is 0 Å². The van der Waals surface area contributed by atoms with Crippen molar-refractivity contribution in [1.29, 1.82) is 0 Å². The highest BCUT2D eigenvalue weighted by atomic mass is 19.4. The fourth-order valence-electron chi connectivity index (χ4n) is 4.68. The van der Waals surface area contributed by atoms with E-state index in [1.54, 1.807) is 17.4 Å². The molecule has 5 rings (SSSR count). The van der Waals surface area contributed by atoms with Crippen LogP contribution >= 0.6 is 0 Å². The van der Waals surface area contributed by atoms with Gasteiger partial charge in [0.1, 0.15) is 5.75 Å². The van der Waals surface area contributed by atoms with Gasteiger partial charge in [-0.15, -0.1) is 0 Å². The second kappa shape index (κ2) is 9.11. The zero-order valence-corrected chi connectivity index (χ0v) is 20.9. The molecule has 3 amide bonds. The molecule has 202 valence electrons. The van der Waals surface area contributed by atoms with Crippen molar-refractivity contribution in [3.63, 3.8) is 0 Å². The van der Waals surface area contributed by atoms with E-state index >= 15 is 0 Å². The summed E-state index contributed by atoms with van der Waals surface area (Å²) in [4.78, 5) is 40.0. The van der Waals surface area contributed by atoms with Gasteiger partial charge >= 0.3 is 12.1 Å². The van der Waals surface area contributed by atoms with E-state index in [4.69, 9.17) is 18.9 Å². The van der Waals surface area contributed by atoms with E-state index in [1.165, 1.54) is 46.6 Å². The van der Waals surface area contributed by atoms with Crippen LogP contribution in [-0.4, -0.2) is 57.3 Å². The van der Waals surface area contributed by atoms with Crippen LogP contribution < -0.4 is 29.6 Å². The molecule has 0 spiro atoms. The largest absolute Gasteiger partial charge is 0.495 e. The van der Waals surface area contributed by atoms with Gasteiger partial charge in [-0.25, -0.2) is 0 Å². The number of hydrogen-bond donors (Lipinski definition) is 3. The van der Waals surface area contributed by atoms with Gasteiger partial charge in [0.05, 0.1) is 50.8 Å². The Labute approximate surface area is 218 Å². The molecular weight excluding hydrogens is 523 g/mol. The molecule has 0 bridgehead atoms. The fourth-order valence-corrected chi connectivity index (χ4v) is 4.68. The number of carbonyl (C=O) groups is 3. The van der Waals surface area contributed by atoms with Gasteiger partial charge in [0.2, 0.25) is 5.75 Å². The predicted molar refractivity (Wildman–Crippen MR) is 134 cm³/mol. The van der Waals surface area contributed by atoms with Crippen LogP contribution in [0, 0.1) is 0 Å². The van der Waals surface area contributed by atoms with Gasteiger partial charge in [0, 0.05) is 16.3 Å². The van der Waals surface area contributed by atoms with Crippen molar-refractivity contribution in [2.24, 2.45) is 0 Å². The van der Waals surface area contributed by atoms with Crippen LogP contribution in [0.25, 0.3) is 32.9 Å². The van der Waals surface area contributed by atoms with Crippen molar-refractivity contribution in [3.05, 3.63) is 41.5 Å². The topological polar surface area (TPSA) is 128 Å². The summed E-state index contributed by atoms with van der Waals surface area (Å²) in [6.45, 7) is 0. The van der Waals surface area contributed by atoms with E-state index in [2.05, 4.69) is 10.3 Å². The summed E-state index contributed by atoms with van der Waals surface area (Å²) in [7, 11) is 5.57. The first-order chi connectivity index (χ1) is 18.5. The maximum atomic E-state index is 12.9. The molecule has 0 atom stereocenters. The molecule has 0 aliphatic carbocycles. The molecule has 39 heavy (non-hydrogen) atoms. The number of halogens is 3. The second-order valence-corrected chi connectivity index (χ2v) is 8.47. The number of fused-ring (bicyclic) bond motifs is 5. The average Bonchev–Trinajstić information content (AvgIpc) is 3.41. The van der Waals surface area contributed by atoms with E-state index in [-0.39, 0.29) is 33.6 Å². The fraction of sp³-hybridized carbons (Fsp3) is 0.192. The van der Waals surface area contributed by atoms with Crippen LogP contribution in [0.15, 0.2) is 30.3 Å². The highest BCUT2D eigenvalue weighted by Gasteiger charge is 2.39. The summed E-state index contributed by atoms with van der Waals surface area (Å²) < 4.78 is 60.4. The molecular formula is C26H20F3N3O7. The van der Waals surface area contributed by atoms with E-state index in [9.17, 15) is 27.6 Å². The number of ether oxygens (including phenoxy) is 4. The molecule has 13 heteroatoms. The number of H-pyrrole nitrogens is 1. The quantitative estimate of drug-likeness (QED) is 0.308. The number of carbonyl (C=O) groups excluding carboxylic acids is 3. The van der Waals surface area contributed by atoms with E-state index < -0.39 is 23.9 Å². The molecule has 0 radical (unpaired) electrons.